The average molecular weight is 573 g/mol. The molecule has 0 amide bonds. The van der Waals surface area contributed by atoms with Gasteiger partial charge in [-0.25, -0.2) is 9.59 Å². The van der Waals surface area contributed by atoms with E-state index in [1.165, 1.54) is 9.13 Å². The van der Waals surface area contributed by atoms with Gasteiger partial charge >= 0.3 is 11.4 Å². The van der Waals surface area contributed by atoms with Crippen LogP contribution in [0.15, 0.2) is 67.7 Å². The Bertz CT molecular complexity index is 1620. The summed E-state index contributed by atoms with van der Waals surface area (Å²) in [5.41, 5.74) is 0.731. The summed E-state index contributed by atoms with van der Waals surface area (Å²) in [6, 6.07) is 15.0. The van der Waals surface area contributed by atoms with Gasteiger partial charge in [0, 0.05) is 26.2 Å². The Morgan fingerprint density at radius 3 is 1.00 bits per heavy atom. The Morgan fingerprint density at radius 1 is 0.357 bits per heavy atom. The molecule has 4 bridgehead atoms. The molecule has 0 aliphatic carbocycles. The van der Waals surface area contributed by atoms with Crippen LogP contribution >= 0.6 is 0 Å². The van der Waals surface area contributed by atoms with Gasteiger partial charge in [0.2, 0.25) is 0 Å². The molecule has 3 heterocycles. The molecule has 5 rings (SSSR count). The largest absolute Gasteiger partial charge is 0.331 e. The lowest BCUT2D eigenvalue weighted by Crippen LogP contribution is -2.40. The van der Waals surface area contributed by atoms with E-state index in [1.54, 1.807) is 9.13 Å². The maximum atomic E-state index is 13.4. The lowest BCUT2D eigenvalue weighted by atomic mass is 10.1. The monoisotopic (exact) mass is 572 g/mol. The lowest BCUT2D eigenvalue weighted by molar-refractivity contribution is 0.479. The fourth-order valence-electron chi connectivity index (χ4n) is 6.42. The minimum absolute atomic E-state index is 0.184. The summed E-state index contributed by atoms with van der Waals surface area (Å²) in [5, 5.41) is 1.24. The van der Waals surface area contributed by atoms with E-state index >= 15 is 0 Å². The molecule has 0 unspecified atom stereocenters. The summed E-state index contributed by atoms with van der Waals surface area (Å²) >= 11 is 0. The van der Waals surface area contributed by atoms with Crippen molar-refractivity contribution in [1.82, 2.24) is 18.3 Å². The molecule has 1 aliphatic rings. The molecule has 0 spiro atoms. The average Bonchev–Trinajstić information content (AvgIpc) is 3.00. The molecule has 8 heteroatoms. The number of benzene rings is 2. The van der Waals surface area contributed by atoms with Crippen molar-refractivity contribution in [2.75, 3.05) is 0 Å². The van der Waals surface area contributed by atoms with E-state index in [2.05, 4.69) is 0 Å². The number of aryl methyl sites for hydroxylation is 2. The third-order valence-electron chi connectivity index (χ3n) is 8.79. The third-order valence-corrected chi connectivity index (χ3v) is 8.79. The quantitative estimate of drug-likeness (QED) is 0.266. The maximum absolute atomic E-state index is 13.4. The first-order valence-electron chi connectivity index (χ1n) is 16.0. The van der Waals surface area contributed by atoms with Crippen molar-refractivity contribution < 1.29 is 0 Å². The van der Waals surface area contributed by atoms with E-state index in [0.29, 0.717) is 37.0 Å². The highest BCUT2D eigenvalue weighted by atomic mass is 16.2. The van der Waals surface area contributed by atoms with E-state index in [9.17, 15) is 19.2 Å². The van der Waals surface area contributed by atoms with Crippen LogP contribution < -0.4 is 22.5 Å². The van der Waals surface area contributed by atoms with Gasteiger partial charge in [-0.3, -0.25) is 27.9 Å². The lowest BCUT2D eigenvalue weighted by Gasteiger charge is -2.15. The standard InChI is InChI=1S/C34H44N4O4/c39-31-27-19-11-13-21-29(27)35-23-15-7-3-1-4-8-16-24-36-30-22-14-12-20-28(30)32(40)38(34(36)42)26-18-10-6-2-5-9-17-25-37(31)33(35)41/h11-14,19-22H,1-10,15-18,23-26H2. The van der Waals surface area contributed by atoms with E-state index in [1.807, 2.05) is 48.5 Å². The predicted molar refractivity (Wildman–Crippen MR) is 170 cm³/mol. The zero-order valence-electron chi connectivity index (χ0n) is 24.8. The SMILES string of the molecule is O=c1c2ccccc2n2c(=O)n1CCCCCCCCCn1c(=O)c3ccccc3n(c1=O)CCCCCCCCC2. The molecule has 2 aromatic heterocycles. The maximum Gasteiger partial charge on any atom is 0.331 e. The first kappa shape index (κ1) is 29.8. The minimum Gasteiger partial charge on any atom is -0.293 e. The summed E-state index contributed by atoms with van der Waals surface area (Å²) in [7, 11) is 0. The molecule has 1 aliphatic heterocycles. The number of rotatable bonds is 0. The van der Waals surface area contributed by atoms with Crippen LogP contribution in [0.2, 0.25) is 0 Å². The summed E-state index contributed by atoms with van der Waals surface area (Å²) in [5.74, 6) is 0. The molecule has 0 atom stereocenters. The van der Waals surface area contributed by atoms with Crippen molar-refractivity contribution in [3.05, 3.63) is 90.2 Å². The van der Waals surface area contributed by atoms with Crippen LogP contribution in [0.3, 0.4) is 0 Å². The number of aromatic nitrogens is 4. The molecule has 0 N–H and O–H groups in total. The van der Waals surface area contributed by atoms with E-state index < -0.39 is 0 Å². The Kier molecular flexibility index (Phi) is 10.3. The number of fused-ring (bicyclic) bond motifs is 8. The van der Waals surface area contributed by atoms with Crippen LogP contribution in [0, 0.1) is 0 Å². The van der Waals surface area contributed by atoms with Crippen molar-refractivity contribution in [3.8, 4) is 0 Å². The van der Waals surface area contributed by atoms with Crippen molar-refractivity contribution in [3.63, 3.8) is 0 Å². The van der Waals surface area contributed by atoms with Gasteiger partial charge < -0.3 is 0 Å². The topological polar surface area (TPSA) is 88.0 Å². The molecule has 0 fully saturated rings. The van der Waals surface area contributed by atoms with Crippen molar-refractivity contribution >= 4 is 21.8 Å². The highest BCUT2D eigenvalue weighted by Gasteiger charge is 2.14. The highest BCUT2D eigenvalue weighted by Crippen LogP contribution is 2.14. The van der Waals surface area contributed by atoms with Crippen LogP contribution in [0.5, 0.6) is 0 Å². The van der Waals surface area contributed by atoms with E-state index in [0.717, 1.165) is 101 Å². The molecule has 224 valence electrons. The summed E-state index contributed by atoms with van der Waals surface area (Å²) in [6.07, 6.45) is 13.7. The minimum atomic E-state index is -0.186. The van der Waals surface area contributed by atoms with Crippen LogP contribution in [0.25, 0.3) is 21.8 Å². The zero-order chi connectivity index (χ0) is 29.3. The number of hydrogen-bond acceptors (Lipinski definition) is 4. The van der Waals surface area contributed by atoms with Crippen LogP contribution in [0.1, 0.15) is 89.9 Å². The van der Waals surface area contributed by atoms with Crippen LogP contribution in [-0.2, 0) is 26.2 Å². The Morgan fingerprint density at radius 2 is 0.643 bits per heavy atom. The fraction of sp³-hybridized carbons (Fsp3) is 0.529. The fourth-order valence-corrected chi connectivity index (χ4v) is 6.42. The van der Waals surface area contributed by atoms with E-state index in [4.69, 9.17) is 0 Å². The normalized spacial score (nSPS) is 17.1. The molecule has 8 nitrogen and oxygen atoms in total. The number of nitrogens with zero attached hydrogens (tertiary/aromatic N) is 4. The highest BCUT2D eigenvalue weighted by molar-refractivity contribution is 5.78. The second-order valence-corrected chi connectivity index (χ2v) is 11.8. The molecule has 2 aromatic carbocycles. The Hall–Kier alpha value is -3.68. The van der Waals surface area contributed by atoms with Gasteiger partial charge in [0.05, 0.1) is 21.8 Å². The molecular formula is C34H44N4O4. The number of para-hydroxylation sites is 2. The smallest absolute Gasteiger partial charge is 0.293 e. The third kappa shape index (κ3) is 6.69. The molecule has 0 saturated carbocycles. The molecule has 4 aromatic rings. The second-order valence-electron chi connectivity index (χ2n) is 11.8. The Balaban J connectivity index is 1.30. The van der Waals surface area contributed by atoms with Gasteiger partial charge in [0.25, 0.3) is 11.1 Å². The van der Waals surface area contributed by atoms with Gasteiger partial charge in [-0.2, -0.15) is 0 Å². The van der Waals surface area contributed by atoms with Crippen molar-refractivity contribution in [1.29, 1.82) is 0 Å². The Labute approximate surface area is 246 Å². The van der Waals surface area contributed by atoms with Crippen LogP contribution in [-0.4, -0.2) is 18.3 Å². The summed E-state index contributed by atoms with van der Waals surface area (Å²) < 4.78 is 6.48. The summed E-state index contributed by atoms with van der Waals surface area (Å²) in [4.78, 5) is 53.1. The van der Waals surface area contributed by atoms with Gasteiger partial charge in [-0.15, -0.1) is 0 Å². The molecule has 42 heavy (non-hydrogen) atoms. The first-order valence-corrected chi connectivity index (χ1v) is 16.0. The predicted octanol–water partition coefficient (Wildman–Crippen LogP) is 5.82. The van der Waals surface area contributed by atoms with Crippen molar-refractivity contribution in [2.24, 2.45) is 0 Å². The second kappa shape index (κ2) is 14.5. The molecular weight excluding hydrogens is 528 g/mol. The van der Waals surface area contributed by atoms with Gasteiger partial charge in [-0.1, -0.05) is 88.5 Å². The van der Waals surface area contributed by atoms with Gasteiger partial charge in [0.15, 0.2) is 0 Å². The zero-order valence-corrected chi connectivity index (χ0v) is 24.8. The van der Waals surface area contributed by atoms with Crippen LogP contribution in [0.4, 0.5) is 0 Å². The molecule has 0 saturated heterocycles. The number of hydrogen-bond donors (Lipinski definition) is 0. The summed E-state index contributed by atoms with van der Waals surface area (Å²) in [6.45, 7) is 2.12. The van der Waals surface area contributed by atoms with Crippen molar-refractivity contribution in [2.45, 2.75) is 116 Å². The molecule has 0 radical (unpaired) electrons. The van der Waals surface area contributed by atoms with Gasteiger partial charge in [0.1, 0.15) is 0 Å². The first-order chi connectivity index (χ1) is 20.6. The van der Waals surface area contributed by atoms with E-state index in [-0.39, 0.29) is 22.5 Å². The van der Waals surface area contributed by atoms with Gasteiger partial charge in [-0.05, 0) is 49.9 Å².